The fraction of sp³-hybridized carbons (Fsp3) is 0.500. The van der Waals surface area contributed by atoms with E-state index in [1.807, 2.05) is 19.1 Å². The third-order valence-corrected chi connectivity index (χ3v) is 3.46. The summed E-state index contributed by atoms with van der Waals surface area (Å²) in [6, 6.07) is 7.37. The van der Waals surface area contributed by atoms with Crippen molar-refractivity contribution in [1.29, 1.82) is 0 Å². The van der Waals surface area contributed by atoms with Crippen molar-refractivity contribution < 1.29 is 19.4 Å². The highest BCUT2D eigenvalue weighted by atomic mass is 16.5. The van der Waals surface area contributed by atoms with E-state index in [9.17, 15) is 14.7 Å². The number of rotatable bonds is 6. The minimum absolute atomic E-state index is 0.305. The van der Waals surface area contributed by atoms with E-state index in [0.29, 0.717) is 12.3 Å². The molecule has 0 bridgehead atoms. The predicted molar refractivity (Wildman–Crippen MR) is 80.4 cm³/mol. The van der Waals surface area contributed by atoms with Gasteiger partial charge in [0.1, 0.15) is 11.3 Å². The maximum Gasteiger partial charge on any atom is 0.329 e. The molecule has 5 nitrogen and oxygen atoms in total. The lowest BCUT2D eigenvalue weighted by atomic mass is 10.0. The highest BCUT2D eigenvalue weighted by Crippen LogP contribution is 2.19. The number of carboxylic acids is 1. The van der Waals surface area contributed by atoms with E-state index in [4.69, 9.17) is 4.74 Å². The van der Waals surface area contributed by atoms with E-state index >= 15 is 0 Å². The number of hydrogen-bond acceptors (Lipinski definition) is 3. The van der Waals surface area contributed by atoms with E-state index in [-0.39, 0.29) is 5.91 Å². The molecule has 0 fully saturated rings. The summed E-state index contributed by atoms with van der Waals surface area (Å²) < 4.78 is 5.60. The number of aliphatic carboxylic acids is 1. The van der Waals surface area contributed by atoms with Gasteiger partial charge >= 0.3 is 5.97 Å². The summed E-state index contributed by atoms with van der Waals surface area (Å²) in [6.07, 6.45) is -0.744. The lowest BCUT2D eigenvalue weighted by Gasteiger charge is -2.35. The zero-order valence-corrected chi connectivity index (χ0v) is 13.2. The lowest BCUT2D eigenvalue weighted by molar-refractivity contribution is -0.159. The Labute approximate surface area is 125 Å². The first-order valence-electron chi connectivity index (χ1n) is 6.98. The number of amides is 1. The van der Waals surface area contributed by atoms with Gasteiger partial charge in [-0.3, -0.25) is 4.79 Å². The molecule has 0 aromatic heterocycles. The van der Waals surface area contributed by atoms with E-state index < -0.39 is 17.6 Å². The number of aryl methyl sites for hydroxylation is 1. The van der Waals surface area contributed by atoms with Gasteiger partial charge in [-0.2, -0.15) is 0 Å². The summed E-state index contributed by atoms with van der Waals surface area (Å²) in [7, 11) is 0. The van der Waals surface area contributed by atoms with Crippen molar-refractivity contribution in [2.45, 2.75) is 46.3 Å². The molecule has 0 saturated carbocycles. The molecule has 0 aliphatic carbocycles. The van der Waals surface area contributed by atoms with Gasteiger partial charge in [-0.05, 0) is 46.8 Å². The molecule has 0 heterocycles. The molecule has 5 heteroatoms. The average Bonchev–Trinajstić information content (AvgIpc) is 2.41. The van der Waals surface area contributed by atoms with Gasteiger partial charge in [-0.25, -0.2) is 4.79 Å². The second-order valence-electron chi connectivity index (χ2n) is 5.52. The number of benzene rings is 1. The van der Waals surface area contributed by atoms with Gasteiger partial charge in [0, 0.05) is 6.54 Å². The van der Waals surface area contributed by atoms with Crippen molar-refractivity contribution in [3.8, 4) is 5.75 Å². The average molecular weight is 293 g/mol. The minimum Gasteiger partial charge on any atom is -0.481 e. The first kappa shape index (κ1) is 17.0. The maximum atomic E-state index is 12.4. The number of nitrogens with zero attached hydrogens (tertiary/aromatic N) is 1. The van der Waals surface area contributed by atoms with Crippen LogP contribution in [0.1, 0.15) is 33.3 Å². The van der Waals surface area contributed by atoms with Crippen molar-refractivity contribution in [2.75, 3.05) is 6.54 Å². The Bertz CT molecular complexity index is 508. The number of hydrogen-bond donors (Lipinski definition) is 1. The summed E-state index contributed by atoms with van der Waals surface area (Å²) >= 11 is 0. The van der Waals surface area contributed by atoms with Crippen molar-refractivity contribution >= 4 is 11.9 Å². The van der Waals surface area contributed by atoms with Crippen LogP contribution in [0, 0.1) is 6.92 Å². The van der Waals surface area contributed by atoms with Gasteiger partial charge in [0.25, 0.3) is 5.91 Å². The molecule has 1 N–H and O–H groups in total. The van der Waals surface area contributed by atoms with Crippen molar-refractivity contribution in [3.63, 3.8) is 0 Å². The van der Waals surface area contributed by atoms with Crippen LogP contribution in [0.4, 0.5) is 0 Å². The lowest BCUT2D eigenvalue weighted by Crippen LogP contribution is -2.56. The van der Waals surface area contributed by atoms with Gasteiger partial charge in [-0.15, -0.1) is 0 Å². The number of carbonyl (C=O) groups excluding carboxylic acids is 1. The van der Waals surface area contributed by atoms with Crippen LogP contribution in [0.2, 0.25) is 0 Å². The highest BCUT2D eigenvalue weighted by Gasteiger charge is 2.38. The van der Waals surface area contributed by atoms with Crippen LogP contribution in [-0.2, 0) is 9.59 Å². The van der Waals surface area contributed by atoms with Crippen LogP contribution < -0.4 is 4.74 Å². The molecular formula is C16H23NO4. The van der Waals surface area contributed by atoms with Gasteiger partial charge in [-0.1, -0.05) is 17.7 Å². The monoisotopic (exact) mass is 293 g/mol. The van der Waals surface area contributed by atoms with Crippen molar-refractivity contribution in [3.05, 3.63) is 29.8 Å². The topological polar surface area (TPSA) is 66.8 Å². The summed E-state index contributed by atoms with van der Waals surface area (Å²) in [5.74, 6) is -0.795. The number of carbonyl (C=O) groups is 2. The third-order valence-electron chi connectivity index (χ3n) is 3.46. The molecule has 1 amide bonds. The second kappa shape index (κ2) is 6.61. The first-order chi connectivity index (χ1) is 9.70. The van der Waals surface area contributed by atoms with Crippen LogP contribution in [-0.4, -0.2) is 40.1 Å². The summed E-state index contributed by atoms with van der Waals surface area (Å²) in [5, 5.41) is 9.26. The van der Waals surface area contributed by atoms with E-state index in [1.54, 1.807) is 26.0 Å². The van der Waals surface area contributed by atoms with E-state index in [1.165, 1.54) is 18.7 Å². The molecule has 1 aromatic rings. The standard InChI is InChI=1S/C16H23NO4/c1-6-17(16(4,5)15(19)20)14(18)12(3)21-13-9-7-11(2)8-10-13/h7-10,12H,6H2,1-5H3,(H,19,20). The molecule has 1 atom stereocenters. The van der Waals surface area contributed by atoms with Crippen LogP contribution in [0.25, 0.3) is 0 Å². The van der Waals surface area contributed by atoms with Crippen LogP contribution in [0.15, 0.2) is 24.3 Å². The first-order valence-corrected chi connectivity index (χ1v) is 6.98. The molecule has 0 aliphatic rings. The Kier molecular flexibility index (Phi) is 5.35. The SMILES string of the molecule is CCN(C(=O)C(C)Oc1ccc(C)cc1)C(C)(C)C(=O)O. The van der Waals surface area contributed by atoms with Gasteiger partial charge < -0.3 is 14.7 Å². The Hall–Kier alpha value is -2.04. The highest BCUT2D eigenvalue weighted by molar-refractivity contribution is 5.88. The molecule has 1 aromatic carbocycles. The Morgan fingerprint density at radius 1 is 1.29 bits per heavy atom. The number of likely N-dealkylation sites (N-methyl/N-ethyl adjacent to an activating group) is 1. The molecule has 0 saturated heterocycles. The zero-order valence-electron chi connectivity index (χ0n) is 13.2. The van der Waals surface area contributed by atoms with E-state index in [0.717, 1.165) is 5.56 Å². The van der Waals surface area contributed by atoms with Crippen LogP contribution in [0.3, 0.4) is 0 Å². The van der Waals surface area contributed by atoms with Crippen LogP contribution in [0.5, 0.6) is 5.75 Å². The third kappa shape index (κ3) is 3.97. The van der Waals surface area contributed by atoms with Gasteiger partial charge in [0.05, 0.1) is 0 Å². The van der Waals surface area contributed by atoms with Crippen LogP contribution >= 0.6 is 0 Å². The minimum atomic E-state index is -1.27. The fourth-order valence-electron chi connectivity index (χ4n) is 2.03. The normalized spacial score (nSPS) is 12.6. The Morgan fingerprint density at radius 2 is 1.81 bits per heavy atom. The molecule has 21 heavy (non-hydrogen) atoms. The quantitative estimate of drug-likeness (QED) is 0.875. The molecule has 0 spiro atoms. The molecule has 0 radical (unpaired) electrons. The molecule has 1 rings (SSSR count). The fourth-order valence-corrected chi connectivity index (χ4v) is 2.03. The number of carboxylic acid groups (broad SMARTS) is 1. The van der Waals surface area contributed by atoms with Crippen molar-refractivity contribution in [1.82, 2.24) is 4.90 Å². The molecular weight excluding hydrogens is 270 g/mol. The van der Waals surface area contributed by atoms with E-state index in [2.05, 4.69) is 0 Å². The Morgan fingerprint density at radius 3 is 2.24 bits per heavy atom. The van der Waals surface area contributed by atoms with Gasteiger partial charge in [0.2, 0.25) is 0 Å². The molecule has 0 aliphatic heterocycles. The maximum absolute atomic E-state index is 12.4. The second-order valence-corrected chi connectivity index (χ2v) is 5.52. The smallest absolute Gasteiger partial charge is 0.329 e. The summed E-state index contributed by atoms with van der Waals surface area (Å²) in [6.45, 7) is 8.67. The summed E-state index contributed by atoms with van der Waals surface area (Å²) in [5.41, 5.74) is -0.167. The van der Waals surface area contributed by atoms with Crippen molar-refractivity contribution in [2.24, 2.45) is 0 Å². The molecule has 1 unspecified atom stereocenters. The largest absolute Gasteiger partial charge is 0.481 e. The molecule has 116 valence electrons. The Balaban J connectivity index is 2.85. The van der Waals surface area contributed by atoms with Gasteiger partial charge in [0.15, 0.2) is 6.10 Å². The zero-order chi connectivity index (χ0) is 16.2. The number of ether oxygens (including phenoxy) is 1. The predicted octanol–water partition coefficient (Wildman–Crippen LogP) is 2.47. The summed E-state index contributed by atoms with van der Waals surface area (Å²) in [4.78, 5) is 25.1.